The van der Waals surface area contributed by atoms with Crippen LogP contribution in [-0.2, 0) is 0 Å². The summed E-state index contributed by atoms with van der Waals surface area (Å²) in [7, 11) is 0. The number of halogens is 3. The van der Waals surface area contributed by atoms with E-state index in [0.29, 0.717) is 12.1 Å². The molecule has 2 rings (SSSR count). The molecule has 2 N–H and O–H groups in total. The molecular formula is C11H10FI2N3. The van der Waals surface area contributed by atoms with Crippen molar-refractivity contribution in [1.82, 2.24) is 9.55 Å². The molecule has 2 aromatic rings. The fourth-order valence-electron chi connectivity index (χ4n) is 1.68. The van der Waals surface area contributed by atoms with Crippen molar-refractivity contribution in [3.8, 4) is 0 Å². The summed E-state index contributed by atoms with van der Waals surface area (Å²) in [5, 5.41) is 0. The molecule has 0 fully saturated rings. The van der Waals surface area contributed by atoms with Gasteiger partial charge in [0.15, 0.2) is 0 Å². The molecule has 0 aliphatic carbocycles. The molecule has 1 aromatic carbocycles. The fraction of sp³-hybridized carbons (Fsp3) is 0.182. The van der Waals surface area contributed by atoms with Crippen molar-refractivity contribution in [3.05, 3.63) is 49.4 Å². The van der Waals surface area contributed by atoms with Gasteiger partial charge in [-0.05, 0) is 51.2 Å². The zero-order chi connectivity index (χ0) is 12.4. The number of hydrogen-bond acceptors (Lipinski definition) is 2. The summed E-state index contributed by atoms with van der Waals surface area (Å²) in [5.41, 5.74) is 6.36. The molecule has 1 heterocycles. The molecule has 0 saturated heterocycles. The molecule has 1 atom stereocenters. The van der Waals surface area contributed by atoms with Gasteiger partial charge in [0, 0.05) is 12.1 Å². The third-order valence-corrected chi connectivity index (χ3v) is 5.41. The van der Waals surface area contributed by atoms with Crippen LogP contribution in [0.4, 0.5) is 4.39 Å². The number of benzene rings is 1. The third kappa shape index (κ3) is 2.63. The summed E-state index contributed by atoms with van der Waals surface area (Å²) < 4.78 is 17.5. The highest BCUT2D eigenvalue weighted by atomic mass is 127. The SMILES string of the molecule is NCC(c1ccccc1F)n1cnc(I)c1I. The molecule has 0 saturated carbocycles. The van der Waals surface area contributed by atoms with Crippen molar-refractivity contribution in [3.63, 3.8) is 0 Å². The highest BCUT2D eigenvalue weighted by molar-refractivity contribution is 14.1. The Kier molecular flexibility index (Phi) is 4.36. The van der Waals surface area contributed by atoms with E-state index in [2.05, 4.69) is 50.2 Å². The Bertz CT molecular complexity index is 527. The predicted molar refractivity (Wildman–Crippen MR) is 81.3 cm³/mol. The van der Waals surface area contributed by atoms with E-state index >= 15 is 0 Å². The summed E-state index contributed by atoms with van der Waals surface area (Å²) in [4.78, 5) is 4.20. The molecular weight excluding hydrogens is 447 g/mol. The maximum Gasteiger partial charge on any atom is 0.132 e. The normalized spacial score (nSPS) is 12.7. The van der Waals surface area contributed by atoms with E-state index in [0.717, 1.165) is 7.40 Å². The largest absolute Gasteiger partial charge is 0.328 e. The monoisotopic (exact) mass is 457 g/mol. The fourth-order valence-corrected chi connectivity index (χ4v) is 2.68. The highest BCUT2D eigenvalue weighted by Gasteiger charge is 2.19. The van der Waals surface area contributed by atoms with Gasteiger partial charge in [-0.25, -0.2) is 9.37 Å². The van der Waals surface area contributed by atoms with E-state index < -0.39 is 0 Å². The van der Waals surface area contributed by atoms with Crippen LogP contribution in [0.1, 0.15) is 11.6 Å². The van der Waals surface area contributed by atoms with Gasteiger partial charge in [-0.15, -0.1) is 0 Å². The maximum atomic E-state index is 13.8. The molecule has 0 bridgehead atoms. The summed E-state index contributed by atoms with van der Waals surface area (Å²) in [6.45, 7) is 0.337. The van der Waals surface area contributed by atoms with E-state index in [4.69, 9.17) is 5.73 Å². The Morgan fingerprint density at radius 1 is 1.35 bits per heavy atom. The first-order chi connectivity index (χ1) is 8.15. The van der Waals surface area contributed by atoms with Crippen molar-refractivity contribution < 1.29 is 4.39 Å². The summed E-state index contributed by atoms with van der Waals surface area (Å²) in [5.74, 6) is -0.234. The second-order valence-electron chi connectivity index (χ2n) is 3.51. The standard InChI is InChI=1S/C11H10FI2N3/c12-8-4-2-1-3-7(8)9(5-15)17-6-16-10(13)11(17)14/h1-4,6,9H,5,15H2. The Balaban J connectivity index is 2.48. The van der Waals surface area contributed by atoms with Crippen molar-refractivity contribution >= 4 is 45.2 Å². The van der Waals surface area contributed by atoms with Crippen LogP contribution < -0.4 is 5.73 Å². The minimum Gasteiger partial charge on any atom is -0.328 e. The van der Waals surface area contributed by atoms with E-state index in [-0.39, 0.29) is 11.9 Å². The van der Waals surface area contributed by atoms with Crippen molar-refractivity contribution in [1.29, 1.82) is 0 Å². The van der Waals surface area contributed by atoms with Crippen molar-refractivity contribution in [2.75, 3.05) is 6.54 Å². The molecule has 0 radical (unpaired) electrons. The molecule has 90 valence electrons. The zero-order valence-electron chi connectivity index (χ0n) is 8.78. The van der Waals surface area contributed by atoms with E-state index in [1.165, 1.54) is 6.07 Å². The topological polar surface area (TPSA) is 43.8 Å². The summed E-state index contributed by atoms with van der Waals surface area (Å²) in [6.07, 6.45) is 1.70. The van der Waals surface area contributed by atoms with Gasteiger partial charge in [0.05, 0.1) is 12.4 Å². The van der Waals surface area contributed by atoms with Gasteiger partial charge in [0.25, 0.3) is 0 Å². The second kappa shape index (κ2) is 5.61. The number of rotatable bonds is 3. The molecule has 0 aliphatic rings. The molecule has 0 aliphatic heterocycles. The van der Waals surface area contributed by atoms with E-state index in [1.54, 1.807) is 18.5 Å². The van der Waals surface area contributed by atoms with Crippen molar-refractivity contribution in [2.45, 2.75) is 6.04 Å². The van der Waals surface area contributed by atoms with Crippen LogP contribution in [0.5, 0.6) is 0 Å². The third-order valence-electron chi connectivity index (χ3n) is 2.52. The van der Waals surface area contributed by atoms with Crippen molar-refractivity contribution in [2.24, 2.45) is 5.73 Å². The molecule has 0 spiro atoms. The first-order valence-corrected chi connectivity index (χ1v) is 7.13. The maximum absolute atomic E-state index is 13.8. The van der Waals surface area contributed by atoms with Crippen LogP contribution >= 0.6 is 45.2 Å². The average molecular weight is 457 g/mol. The molecule has 17 heavy (non-hydrogen) atoms. The van der Waals surface area contributed by atoms with Gasteiger partial charge < -0.3 is 10.3 Å². The molecule has 6 heteroatoms. The Morgan fingerprint density at radius 2 is 2.06 bits per heavy atom. The van der Waals surface area contributed by atoms with Crippen LogP contribution in [-0.4, -0.2) is 16.1 Å². The lowest BCUT2D eigenvalue weighted by Gasteiger charge is -2.18. The Labute approximate surface area is 126 Å². The number of nitrogens with two attached hydrogens (primary N) is 1. The van der Waals surface area contributed by atoms with E-state index in [1.807, 2.05) is 10.6 Å². The average Bonchev–Trinajstić information content (AvgIpc) is 2.65. The summed E-state index contributed by atoms with van der Waals surface area (Å²) in [6, 6.07) is 6.49. The van der Waals surface area contributed by atoms with Crippen LogP contribution in [0.3, 0.4) is 0 Å². The number of hydrogen-bond donors (Lipinski definition) is 1. The van der Waals surface area contributed by atoms with Gasteiger partial charge in [-0.2, -0.15) is 0 Å². The minimum absolute atomic E-state index is 0.209. The van der Waals surface area contributed by atoms with Gasteiger partial charge in [0.2, 0.25) is 0 Å². The van der Waals surface area contributed by atoms with Crippen LogP contribution in [0, 0.1) is 13.2 Å². The lowest BCUT2D eigenvalue weighted by Crippen LogP contribution is -2.22. The lowest BCUT2D eigenvalue weighted by molar-refractivity contribution is 0.530. The number of nitrogens with zero attached hydrogens (tertiary/aromatic N) is 2. The number of imidazole rings is 1. The second-order valence-corrected chi connectivity index (χ2v) is 5.55. The minimum atomic E-state index is -0.234. The van der Waals surface area contributed by atoms with Crippen LogP contribution in [0.25, 0.3) is 0 Å². The zero-order valence-corrected chi connectivity index (χ0v) is 13.1. The number of aromatic nitrogens is 2. The Hall–Kier alpha value is -0.220. The van der Waals surface area contributed by atoms with Gasteiger partial charge in [0.1, 0.15) is 13.2 Å². The van der Waals surface area contributed by atoms with E-state index in [9.17, 15) is 4.39 Å². The van der Waals surface area contributed by atoms with Gasteiger partial charge in [-0.1, -0.05) is 18.2 Å². The quantitative estimate of drug-likeness (QED) is 0.722. The Morgan fingerprint density at radius 3 is 2.59 bits per heavy atom. The molecule has 0 amide bonds. The van der Waals surface area contributed by atoms with Crippen LogP contribution in [0.15, 0.2) is 30.6 Å². The highest BCUT2D eigenvalue weighted by Crippen LogP contribution is 2.24. The molecule has 1 unspecified atom stereocenters. The van der Waals surface area contributed by atoms with Gasteiger partial charge in [-0.3, -0.25) is 0 Å². The predicted octanol–water partition coefficient (Wildman–Crippen LogP) is 2.78. The van der Waals surface area contributed by atoms with Crippen LogP contribution in [0.2, 0.25) is 0 Å². The molecule has 3 nitrogen and oxygen atoms in total. The molecule has 1 aromatic heterocycles. The van der Waals surface area contributed by atoms with Gasteiger partial charge >= 0.3 is 0 Å². The smallest absolute Gasteiger partial charge is 0.132 e. The first kappa shape index (κ1) is 13.2. The first-order valence-electron chi connectivity index (χ1n) is 4.97. The lowest BCUT2D eigenvalue weighted by atomic mass is 10.1. The summed E-state index contributed by atoms with van der Waals surface area (Å²) >= 11 is 4.34.